The standard InChI is InChI=1S/C28H36N4O3/c33-26(28-11-19-7-20(12-28)9-21(8-19)13-28)14-29-27-22-3-4-32(16-23(22)30-17-31-27)15-18-1-2-24-25(10-18)35-6-5-34-24/h1-2,10,17,19-21,26,33H,3-9,11-16H2,(H,29,30,31). The van der Waals surface area contributed by atoms with Crippen LogP contribution >= 0.6 is 0 Å². The van der Waals surface area contributed by atoms with Gasteiger partial charge in [0.25, 0.3) is 0 Å². The zero-order valence-electron chi connectivity index (χ0n) is 20.4. The molecule has 7 heteroatoms. The van der Waals surface area contributed by atoms with Crippen LogP contribution in [0.3, 0.4) is 0 Å². The van der Waals surface area contributed by atoms with Crippen molar-refractivity contribution in [2.24, 2.45) is 23.2 Å². The van der Waals surface area contributed by atoms with E-state index < -0.39 is 0 Å². The molecule has 4 aliphatic carbocycles. The van der Waals surface area contributed by atoms with Crippen molar-refractivity contribution in [3.63, 3.8) is 0 Å². The van der Waals surface area contributed by atoms with Crippen molar-refractivity contribution in [3.8, 4) is 11.5 Å². The molecule has 0 spiro atoms. The summed E-state index contributed by atoms with van der Waals surface area (Å²) in [7, 11) is 0. The Labute approximate surface area is 207 Å². The molecule has 0 saturated heterocycles. The second-order valence-electron chi connectivity index (χ2n) is 11.8. The lowest BCUT2D eigenvalue weighted by Crippen LogP contribution is -2.53. The summed E-state index contributed by atoms with van der Waals surface area (Å²) in [5, 5.41) is 14.9. The SMILES string of the molecule is OC(CNc1ncnc2c1CCN(Cc1ccc3c(c1)OCCO3)C2)C12CC3CC(CC(C3)C1)C2. The molecule has 1 aromatic carbocycles. The molecule has 0 radical (unpaired) electrons. The predicted octanol–water partition coefficient (Wildman–Crippen LogP) is 3.80. The molecule has 0 amide bonds. The fourth-order valence-corrected chi connectivity index (χ4v) is 8.14. The zero-order valence-corrected chi connectivity index (χ0v) is 20.4. The largest absolute Gasteiger partial charge is 0.486 e. The number of anilines is 1. The van der Waals surface area contributed by atoms with Crippen molar-refractivity contribution in [3.05, 3.63) is 41.3 Å². The number of aliphatic hydroxyl groups excluding tert-OH is 1. The number of ether oxygens (including phenoxy) is 2. The Kier molecular flexibility index (Phi) is 5.39. The molecule has 1 unspecified atom stereocenters. The molecule has 4 bridgehead atoms. The second kappa shape index (κ2) is 8.63. The van der Waals surface area contributed by atoms with Gasteiger partial charge in [0.1, 0.15) is 25.4 Å². The lowest BCUT2D eigenvalue weighted by Gasteiger charge is -2.58. The topological polar surface area (TPSA) is 79.7 Å². The monoisotopic (exact) mass is 476 g/mol. The fourth-order valence-electron chi connectivity index (χ4n) is 8.14. The van der Waals surface area contributed by atoms with Gasteiger partial charge in [0.15, 0.2) is 11.5 Å². The Hall–Kier alpha value is -2.38. The van der Waals surface area contributed by atoms with Gasteiger partial charge in [-0.25, -0.2) is 9.97 Å². The normalized spacial score (nSPS) is 31.7. The maximum Gasteiger partial charge on any atom is 0.161 e. The molecular weight excluding hydrogens is 440 g/mol. The first-order valence-corrected chi connectivity index (χ1v) is 13.5. The van der Waals surface area contributed by atoms with E-state index in [2.05, 4.69) is 32.3 Å². The van der Waals surface area contributed by atoms with Crippen LogP contribution in [-0.4, -0.2) is 52.4 Å². The van der Waals surface area contributed by atoms with E-state index in [9.17, 15) is 5.11 Å². The maximum atomic E-state index is 11.3. The molecule has 2 aromatic rings. The average Bonchev–Trinajstić information content (AvgIpc) is 2.86. The predicted molar refractivity (Wildman–Crippen MR) is 132 cm³/mol. The molecule has 2 aliphatic heterocycles. The van der Waals surface area contributed by atoms with E-state index in [4.69, 9.17) is 9.47 Å². The fraction of sp³-hybridized carbons (Fsp3) is 0.643. The highest BCUT2D eigenvalue weighted by Gasteiger charge is 2.53. The van der Waals surface area contributed by atoms with E-state index in [1.807, 2.05) is 6.07 Å². The van der Waals surface area contributed by atoms with Crippen molar-refractivity contribution in [2.45, 2.75) is 64.1 Å². The molecule has 1 atom stereocenters. The van der Waals surface area contributed by atoms with E-state index in [0.29, 0.717) is 19.8 Å². The molecule has 7 nitrogen and oxygen atoms in total. The molecular formula is C28H36N4O3. The minimum Gasteiger partial charge on any atom is -0.486 e. The van der Waals surface area contributed by atoms with Gasteiger partial charge in [-0.15, -0.1) is 0 Å². The molecule has 4 saturated carbocycles. The van der Waals surface area contributed by atoms with E-state index in [1.165, 1.54) is 49.7 Å². The van der Waals surface area contributed by atoms with Gasteiger partial charge in [-0.05, 0) is 85.8 Å². The maximum absolute atomic E-state index is 11.3. The van der Waals surface area contributed by atoms with Gasteiger partial charge >= 0.3 is 0 Å². The summed E-state index contributed by atoms with van der Waals surface area (Å²) in [6.45, 7) is 4.44. The summed E-state index contributed by atoms with van der Waals surface area (Å²) in [5.74, 6) is 5.15. The molecule has 6 aliphatic rings. The molecule has 8 rings (SSSR count). The summed E-state index contributed by atoms with van der Waals surface area (Å²) in [4.78, 5) is 11.6. The van der Waals surface area contributed by atoms with E-state index in [0.717, 1.165) is 66.8 Å². The molecule has 1 aromatic heterocycles. The molecule has 3 heterocycles. The van der Waals surface area contributed by atoms with Crippen LogP contribution < -0.4 is 14.8 Å². The summed E-state index contributed by atoms with van der Waals surface area (Å²) in [6, 6.07) is 6.24. The summed E-state index contributed by atoms with van der Waals surface area (Å²) in [5.41, 5.74) is 3.66. The van der Waals surface area contributed by atoms with Crippen LogP contribution in [0.4, 0.5) is 5.82 Å². The van der Waals surface area contributed by atoms with Crippen LogP contribution in [0.5, 0.6) is 11.5 Å². The Morgan fingerprint density at radius 2 is 1.77 bits per heavy atom. The Morgan fingerprint density at radius 3 is 2.54 bits per heavy atom. The Balaban J connectivity index is 1.01. The first kappa shape index (κ1) is 21.9. The highest BCUT2D eigenvalue weighted by Crippen LogP contribution is 2.61. The highest BCUT2D eigenvalue weighted by atomic mass is 16.6. The second-order valence-corrected chi connectivity index (χ2v) is 11.8. The van der Waals surface area contributed by atoms with Crippen LogP contribution in [0.25, 0.3) is 0 Å². The number of rotatable bonds is 6. The third kappa shape index (κ3) is 4.06. The quantitative estimate of drug-likeness (QED) is 0.657. The smallest absolute Gasteiger partial charge is 0.161 e. The van der Waals surface area contributed by atoms with Gasteiger partial charge in [0.2, 0.25) is 0 Å². The van der Waals surface area contributed by atoms with E-state index in [1.54, 1.807) is 6.33 Å². The van der Waals surface area contributed by atoms with Crippen molar-refractivity contribution in [1.82, 2.24) is 14.9 Å². The van der Waals surface area contributed by atoms with Crippen LogP contribution in [-0.2, 0) is 19.5 Å². The highest BCUT2D eigenvalue weighted by molar-refractivity contribution is 5.47. The van der Waals surface area contributed by atoms with Gasteiger partial charge < -0.3 is 19.9 Å². The van der Waals surface area contributed by atoms with Gasteiger partial charge in [0, 0.05) is 31.7 Å². The van der Waals surface area contributed by atoms with Crippen LogP contribution in [0.1, 0.15) is 55.3 Å². The number of fused-ring (bicyclic) bond motifs is 2. The molecule has 2 N–H and O–H groups in total. The number of aliphatic hydroxyl groups is 1. The Bertz CT molecular complexity index is 1070. The van der Waals surface area contributed by atoms with Gasteiger partial charge in [-0.3, -0.25) is 4.90 Å². The summed E-state index contributed by atoms with van der Waals surface area (Å²) in [6.07, 6.45) is 10.2. The van der Waals surface area contributed by atoms with Crippen LogP contribution in [0, 0.1) is 23.2 Å². The molecule has 35 heavy (non-hydrogen) atoms. The third-order valence-electron chi connectivity index (χ3n) is 9.35. The summed E-state index contributed by atoms with van der Waals surface area (Å²) < 4.78 is 11.4. The Morgan fingerprint density at radius 1 is 1.03 bits per heavy atom. The lowest BCUT2D eigenvalue weighted by molar-refractivity contribution is -0.115. The van der Waals surface area contributed by atoms with Crippen molar-refractivity contribution in [1.29, 1.82) is 0 Å². The minimum absolute atomic E-state index is 0.134. The zero-order chi connectivity index (χ0) is 23.4. The summed E-state index contributed by atoms with van der Waals surface area (Å²) >= 11 is 0. The van der Waals surface area contributed by atoms with E-state index >= 15 is 0 Å². The number of benzene rings is 1. The number of aromatic nitrogens is 2. The van der Waals surface area contributed by atoms with Gasteiger partial charge in [0.05, 0.1) is 11.8 Å². The number of nitrogens with one attached hydrogen (secondary N) is 1. The first-order valence-electron chi connectivity index (χ1n) is 13.5. The van der Waals surface area contributed by atoms with Crippen molar-refractivity contribution >= 4 is 5.82 Å². The number of hydrogen-bond acceptors (Lipinski definition) is 7. The van der Waals surface area contributed by atoms with Crippen molar-refractivity contribution < 1.29 is 14.6 Å². The number of nitrogens with zero attached hydrogens (tertiary/aromatic N) is 3. The van der Waals surface area contributed by atoms with Gasteiger partial charge in [-0.1, -0.05) is 6.07 Å². The average molecular weight is 477 g/mol. The minimum atomic E-state index is -0.295. The number of hydrogen-bond donors (Lipinski definition) is 2. The van der Waals surface area contributed by atoms with Crippen LogP contribution in [0.2, 0.25) is 0 Å². The molecule has 186 valence electrons. The van der Waals surface area contributed by atoms with Crippen LogP contribution in [0.15, 0.2) is 24.5 Å². The molecule has 4 fully saturated rings. The lowest BCUT2D eigenvalue weighted by atomic mass is 9.48. The van der Waals surface area contributed by atoms with Crippen molar-refractivity contribution in [2.75, 3.05) is 31.6 Å². The first-order chi connectivity index (χ1) is 17.1. The van der Waals surface area contributed by atoms with Gasteiger partial charge in [-0.2, -0.15) is 0 Å². The van der Waals surface area contributed by atoms with E-state index in [-0.39, 0.29) is 11.5 Å². The third-order valence-corrected chi connectivity index (χ3v) is 9.35.